The molecule has 1 aromatic rings. The van der Waals surface area contributed by atoms with Crippen molar-refractivity contribution in [2.24, 2.45) is 5.73 Å². The predicted molar refractivity (Wildman–Crippen MR) is 52.3 cm³/mol. The number of aromatic nitrogens is 3. The number of hydrogen-bond acceptors (Lipinski definition) is 3. The molecule has 74 valence electrons. The van der Waals surface area contributed by atoms with E-state index in [2.05, 4.69) is 23.9 Å². The van der Waals surface area contributed by atoms with Gasteiger partial charge in [0.15, 0.2) is 0 Å². The van der Waals surface area contributed by atoms with Crippen molar-refractivity contribution < 1.29 is 0 Å². The van der Waals surface area contributed by atoms with Crippen LogP contribution in [0.3, 0.4) is 0 Å². The lowest BCUT2D eigenvalue weighted by atomic mass is 10.1. The molecule has 0 aliphatic carbocycles. The minimum absolute atomic E-state index is 0.294. The summed E-state index contributed by atoms with van der Waals surface area (Å²) in [5.41, 5.74) is 5.82. The minimum atomic E-state index is 0.294. The van der Waals surface area contributed by atoms with Gasteiger partial charge in [0.05, 0.1) is 0 Å². The van der Waals surface area contributed by atoms with E-state index in [9.17, 15) is 0 Å². The fourth-order valence-corrected chi connectivity index (χ4v) is 1.26. The molecule has 1 aromatic heterocycles. The zero-order valence-corrected chi connectivity index (χ0v) is 8.40. The van der Waals surface area contributed by atoms with Crippen LogP contribution in [0.5, 0.6) is 0 Å². The summed E-state index contributed by atoms with van der Waals surface area (Å²) in [6.45, 7) is 5.06. The zero-order valence-electron chi connectivity index (χ0n) is 8.40. The third-order valence-corrected chi connectivity index (χ3v) is 2.26. The minimum Gasteiger partial charge on any atom is -0.328 e. The van der Waals surface area contributed by atoms with Crippen molar-refractivity contribution in [2.45, 2.75) is 45.7 Å². The first-order chi connectivity index (χ1) is 6.27. The Bertz CT molecular complexity index is 244. The molecule has 1 heterocycles. The van der Waals surface area contributed by atoms with Crippen LogP contribution in [0, 0.1) is 0 Å². The lowest BCUT2D eigenvalue weighted by Gasteiger charge is -2.07. The molecule has 1 atom stereocenters. The van der Waals surface area contributed by atoms with Crippen molar-refractivity contribution in [1.29, 1.82) is 0 Å². The van der Waals surface area contributed by atoms with Gasteiger partial charge in [0.1, 0.15) is 12.2 Å². The molecule has 0 spiro atoms. The van der Waals surface area contributed by atoms with Gasteiger partial charge in [-0.25, -0.2) is 4.98 Å². The van der Waals surface area contributed by atoms with E-state index in [0.29, 0.717) is 6.04 Å². The first-order valence-corrected chi connectivity index (χ1v) is 4.90. The van der Waals surface area contributed by atoms with Gasteiger partial charge in [-0.3, -0.25) is 4.68 Å². The molecule has 4 nitrogen and oxygen atoms in total. The van der Waals surface area contributed by atoms with Crippen LogP contribution in [-0.2, 0) is 13.0 Å². The third kappa shape index (κ3) is 2.81. The van der Waals surface area contributed by atoms with Crippen molar-refractivity contribution in [1.82, 2.24) is 14.8 Å². The Hall–Kier alpha value is -0.900. The summed E-state index contributed by atoms with van der Waals surface area (Å²) in [7, 11) is 0. The van der Waals surface area contributed by atoms with E-state index in [4.69, 9.17) is 5.73 Å². The highest BCUT2D eigenvalue weighted by Crippen LogP contribution is 2.02. The van der Waals surface area contributed by atoms with Gasteiger partial charge in [0.25, 0.3) is 0 Å². The van der Waals surface area contributed by atoms with E-state index in [0.717, 1.165) is 31.6 Å². The highest BCUT2D eigenvalue weighted by Gasteiger charge is 2.05. The second-order valence-electron chi connectivity index (χ2n) is 3.20. The summed E-state index contributed by atoms with van der Waals surface area (Å²) < 4.78 is 1.92. The Morgan fingerprint density at radius 3 is 2.92 bits per heavy atom. The van der Waals surface area contributed by atoms with Crippen LogP contribution in [0.15, 0.2) is 6.33 Å². The van der Waals surface area contributed by atoms with E-state index in [-0.39, 0.29) is 0 Å². The molecule has 0 aliphatic rings. The van der Waals surface area contributed by atoms with Gasteiger partial charge in [0, 0.05) is 19.0 Å². The fraction of sp³-hybridized carbons (Fsp3) is 0.778. The molecule has 2 N–H and O–H groups in total. The van der Waals surface area contributed by atoms with Crippen LogP contribution in [0.2, 0.25) is 0 Å². The maximum absolute atomic E-state index is 5.82. The second kappa shape index (κ2) is 4.97. The van der Waals surface area contributed by atoms with E-state index in [1.54, 1.807) is 6.33 Å². The number of aryl methyl sites for hydroxylation is 2. The molecule has 4 heteroatoms. The number of hydrogen-bond donors (Lipinski definition) is 1. The lowest BCUT2D eigenvalue weighted by Crippen LogP contribution is -2.20. The van der Waals surface area contributed by atoms with Crippen LogP contribution >= 0.6 is 0 Å². The molecule has 1 rings (SSSR count). The largest absolute Gasteiger partial charge is 0.328 e. The van der Waals surface area contributed by atoms with Crippen molar-refractivity contribution in [3.8, 4) is 0 Å². The van der Waals surface area contributed by atoms with Crippen molar-refractivity contribution in [3.63, 3.8) is 0 Å². The van der Waals surface area contributed by atoms with Gasteiger partial charge < -0.3 is 5.73 Å². The zero-order chi connectivity index (χ0) is 9.68. The Morgan fingerprint density at radius 2 is 2.31 bits per heavy atom. The smallest absolute Gasteiger partial charge is 0.138 e. The Balaban J connectivity index is 2.44. The maximum Gasteiger partial charge on any atom is 0.138 e. The first-order valence-electron chi connectivity index (χ1n) is 4.90. The average Bonchev–Trinajstić information content (AvgIpc) is 2.61. The lowest BCUT2D eigenvalue weighted by molar-refractivity contribution is 0.550. The quantitative estimate of drug-likeness (QED) is 0.738. The molecule has 13 heavy (non-hydrogen) atoms. The summed E-state index contributed by atoms with van der Waals surface area (Å²) in [6.07, 6.45) is 4.56. The van der Waals surface area contributed by atoms with Crippen molar-refractivity contribution in [3.05, 3.63) is 12.2 Å². The summed E-state index contributed by atoms with van der Waals surface area (Å²) in [4.78, 5) is 4.19. The normalized spacial score (nSPS) is 13.2. The molecule has 0 aromatic carbocycles. The molecule has 0 aliphatic heterocycles. The predicted octanol–water partition coefficient (Wildman–Crippen LogP) is 0.968. The van der Waals surface area contributed by atoms with Gasteiger partial charge >= 0.3 is 0 Å². The van der Waals surface area contributed by atoms with E-state index in [1.807, 2.05) is 4.68 Å². The van der Waals surface area contributed by atoms with Crippen molar-refractivity contribution in [2.75, 3.05) is 0 Å². The van der Waals surface area contributed by atoms with Gasteiger partial charge in [-0.05, 0) is 19.8 Å². The molecule has 0 radical (unpaired) electrons. The van der Waals surface area contributed by atoms with Crippen LogP contribution < -0.4 is 5.73 Å². The Kier molecular flexibility index (Phi) is 3.89. The third-order valence-electron chi connectivity index (χ3n) is 2.26. The molecular weight excluding hydrogens is 164 g/mol. The first kappa shape index (κ1) is 10.2. The van der Waals surface area contributed by atoms with Gasteiger partial charge in [0.2, 0.25) is 0 Å². The molecule has 1 unspecified atom stereocenters. The molecular formula is C9H18N4. The summed E-state index contributed by atoms with van der Waals surface area (Å²) >= 11 is 0. The highest BCUT2D eigenvalue weighted by molar-refractivity contribution is 4.85. The topological polar surface area (TPSA) is 56.7 Å². The summed E-state index contributed by atoms with van der Waals surface area (Å²) in [5.74, 6) is 1.05. The van der Waals surface area contributed by atoms with E-state index < -0.39 is 0 Å². The van der Waals surface area contributed by atoms with Crippen molar-refractivity contribution >= 4 is 0 Å². The number of rotatable bonds is 5. The summed E-state index contributed by atoms with van der Waals surface area (Å²) in [6, 6.07) is 0.294. The fourth-order valence-electron chi connectivity index (χ4n) is 1.26. The Morgan fingerprint density at radius 1 is 1.54 bits per heavy atom. The number of nitrogens with two attached hydrogens (primary N) is 1. The standard InChI is InChI=1S/C9H18N4/c1-3-8(10)5-6-9-11-7-12-13(9)4-2/h7-8H,3-6,10H2,1-2H3. The van der Waals surface area contributed by atoms with Crippen LogP contribution in [0.4, 0.5) is 0 Å². The Labute approximate surface area is 79.2 Å². The second-order valence-corrected chi connectivity index (χ2v) is 3.20. The molecule has 0 saturated heterocycles. The summed E-state index contributed by atoms with van der Waals surface area (Å²) in [5, 5.41) is 4.10. The van der Waals surface area contributed by atoms with Crippen LogP contribution in [-0.4, -0.2) is 20.8 Å². The van der Waals surface area contributed by atoms with Gasteiger partial charge in [-0.15, -0.1) is 0 Å². The molecule has 0 amide bonds. The van der Waals surface area contributed by atoms with Gasteiger partial charge in [-0.1, -0.05) is 6.92 Å². The highest BCUT2D eigenvalue weighted by atomic mass is 15.3. The maximum atomic E-state index is 5.82. The monoisotopic (exact) mass is 182 g/mol. The SMILES string of the molecule is CCC(N)CCc1ncnn1CC. The van der Waals surface area contributed by atoms with Gasteiger partial charge in [-0.2, -0.15) is 5.10 Å². The van der Waals surface area contributed by atoms with Crippen LogP contribution in [0.25, 0.3) is 0 Å². The van der Waals surface area contributed by atoms with E-state index >= 15 is 0 Å². The molecule has 0 fully saturated rings. The molecule has 0 bridgehead atoms. The average molecular weight is 182 g/mol. The van der Waals surface area contributed by atoms with E-state index in [1.165, 1.54) is 0 Å². The van der Waals surface area contributed by atoms with Crippen LogP contribution in [0.1, 0.15) is 32.5 Å². The molecule has 0 saturated carbocycles. The number of nitrogens with zero attached hydrogens (tertiary/aromatic N) is 3.